The minimum atomic E-state index is -4.63. The molecule has 3 aromatic rings. The average molecular weight is 567 g/mol. The van der Waals surface area contributed by atoms with Gasteiger partial charge in [-0.05, 0) is 72.7 Å². The van der Waals surface area contributed by atoms with Crippen LogP contribution in [0, 0.1) is 11.8 Å². The van der Waals surface area contributed by atoms with Crippen molar-refractivity contribution in [2.75, 3.05) is 18.5 Å². The molecule has 0 saturated heterocycles. The maximum absolute atomic E-state index is 15.5. The van der Waals surface area contributed by atoms with E-state index in [0.29, 0.717) is 17.7 Å². The molecule has 0 spiro atoms. The van der Waals surface area contributed by atoms with Crippen LogP contribution in [0.15, 0.2) is 59.5 Å². The highest BCUT2D eigenvalue weighted by Gasteiger charge is 2.46. The molecule has 1 fully saturated rings. The van der Waals surface area contributed by atoms with Gasteiger partial charge in [0.2, 0.25) is 5.95 Å². The lowest BCUT2D eigenvalue weighted by atomic mass is 9.94. The summed E-state index contributed by atoms with van der Waals surface area (Å²) in [6.45, 7) is -0.281. The quantitative estimate of drug-likeness (QED) is 0.314. The van der Waals surface area contributed by atoms with Gasteiger partial charge in [-0.3, -0.25) is 0 Å². The van der Waals surface area contributed by atoms with Crippen LogP contribution in [0.3, 0.4) is 0 Å². The summed E-state index contributed by atoms with van der Waals surface area (Å²) in [6.07, 6.45) is 0.346. The summed E-state index contributed by atoms with van der Waals surface area (Å²) in [5, 5.41) is 10.5. The van der Waals surface area contributed by atoms with Crippen molar-refractivity contribution < 1.29 is 36.6 Å². The molecule has 0 amide bonds. The standard InChI is InChI=1S/C26H25ClF2N2O6S/c1-36-18-8-6-16(7-9-18)15-31(24-5-3-4-23(29)30-24)38(34,35)22-13-20(27)19(12-21(22)28)17-10-11-26(33,14-17)25(32)37-2/h3-9,12-13,17,33H,10-11,14-15H2,1-2H3. The summed E-state index contributed by atoms with van der Waals surface area (Å²) in [5.41, 5.74) is -0.965. The maximum atomic E-state index is 15.5. The smallest absolute Gasteiger partial charge is 0.337 e. The number of methoxy groups -OCH3 is 2. The van der Waals surface area contributed by atoms with E-state index in [2.05, 4.69) is 9.72 Å². The predicted molar refractivity (Wildman–Crippen MR) is 136 cm³/mol. The highest BCUT2D eigenvalue weighted by molar-refractivity contribution is 7.92. The van der Waals surface area contributed by atoms with E-state index in [1.807, 2.05) is 0 Å². The van der Waals surface area contributed by atoms with Gasteiger partial charge in [-0.1, -0.05) is 29.8 Å². The van der Waals surface area contributed by atoms with Crippen LogP contribution in [-0.2, 0) is 26.1 Å². The summed E-state index contributed by atoms with van der Waals surface area (Å²) in [7, 11) is -1.98. The molecule has 12 heteroatoms. The number of hydrogen-bond donors (Lipinski definition) is 1. The van der Waals surface area contributed by atoms with Crippen LogP contribution in [-0.4, -0.2) is 44.3 Å². The Bertz CT molecular complexity index is 1450. The molecule has 1 heterocycles. The number of sulfonamides is 1. The van der Waals surface area contributed by atoms with Gasteiger partial charge in [0.05, 0.1) is 20.8 Å². The number of pyridine rings is 1. The third-order valence-electron chi connectivity index (χ3n) is 6.56. The third-order valence-corrected chi connectivity index (χ3v) is 8.65. The van der Waals surface area contributed by atoms with E-state index in [4.69, 9.17) is 16.3 Å². The topological polar surface area (TPSA) is 106 Å². The normalized spacial score (nSPS) is 19.3. The first-order chi connectivity index (χ1) is 18.0. The number of halogens is 3. The molecule has 0 aliphatic heterocycles. The Labute approximate surface area is 223 Å². The zero-order valence-corrected chi connectivity index (χ0v) is 22.1. The van der Waals surface area contributed by atoms with Crippen LogP contribution < -0.4 is 9.04 Å². The van der Waals surface area contributed by atoms with Crippen molar-refractivity contribution in [1.82, 2.24) is 4.98 Å². The van der Waals surface area contributed by atoms with Crippen molar-refractivity contribution in [2.24, 2.45) is 0 Å². The van der Waals surface area contributed by atoms with Gasteiger partial charge in [0.15, 0.2) is 5.60 Å². The lowest BCUT2D eigenvalue weighted by molar-refractivity contribution is -0.161. The number of benzene rings is 2. The monoisotopic (exact) mass is 566 g/mol. The Balaban J connectivity index is 1.72. The molecule has 1 aromatic heterocycles. The van der Waals surface area contributed by atoms with Gasteiger partial charge >= 0.3 is 5.97 Å². The van der Waals surface area contributed by atoms with Crippen LogP contribution in [0.5, 0.6) is 5.75 Å². The number of aromatic nitrogens is 1. The SMILES string of the molecule is COC(=O)C1(O)CCC(c2cc(F)c(S(=O)(=O)N(Cc3ccc(OC)cc3)c3cccc(F)n3)cc2Cl)C1. The summed E-state index contributed by atoms with van der Waals surface area (Å²) < 4.78 is 67.5. The summed E-state index contributed by atoms with van der Waals surface area (Å²) in [4.78, 5) is 14.9. The molecular weight excluding hydrogens is 542 g/mol. The molecule has 38 heavy (non-hydrogen) atoms. The molecule has 0 bridgehead atoms. The Morgan fingerprint density at radius 2 is 1.89 bits per heavy atom. The third kappa shape index (κ3) is 5.45. The molecular formula is C26H25ClF2N2O6S. The number of esters is 1. The van der Waals surface area contributed by atoms with Crippen molar-refractivity contribution in [3.8, 4) is 5.75 Å². The molecule has 2 atom stereocenters. The highest BCUT2D eigenvalue weighted by Crippen LogP contribution is 2.44. The summed E-state index contributed by atoms with van der Waals surface area (Å²) in [5.74, 6) is -3.00. The lowest BCUT2D eigenvalue weighted by Crippen LogP contribution is -2.36. The van der Waals surface area contributed by atoms with Crippen LogP contribution in [0.1, 0.15) is 36.3 Å². The lowest BCUT2D eigenvalue weighted by Gasteiger charge is -2.25. The number of nitrogens with zero attached hydrogens (tertiary/aromatic N) is 2. The van der Waals surface area contributed by atoms with Crippen molar-refractivity contribution in [1.29, 1.82) is 0 Å². The largest absolute Gasteiger partial charge is 0.497 e. The number of carbonyl (C=O) groups excluding carboxylic acids is 1. The van der Waals surface area contributed by atoms with Crippen LogP contribution in [0.2, 0.25) is 5.02 Å². The number of rotatable bonds is 8. The van der Waals surface area contributed by atoms with Crippen molar-refractivity contribution >= 4 is 33.4 Å². The number of aliphatic hydroxyl groups is 1. The molecule has 2 aromatic carbocycles. The van der Waals surface area contributed by atoms with Gasteiger partial charge in [-0.25, -0.2) is 26.9 Å². The Kier molecular flexibility index (Phi) is 7.91. The van der Waals surface area contributed by atoms with Crippen LogP contribution in [0.25, 0.3) is 0 Å². The van der Waals surface area contributed by atoms with Gasteiger partial charge in [-0.2, -0.15) is 4.39 Å². The second-order valence-electron chi connectivity index (χ2n) is 8.95. The minimum Gasteiger partial charge on any atom is -0.497 e. The minimum absolute atomic E-state index is 0.0538. The number of carbonyl (C=O) groups is 1. The zero-order chi connectivity index (χ0) is 27.7. The molecule has 1 aliphatic carbocycles. The summed E-state index contributed by atoms with van der Waals surface area (Å²) >= 11 is 6.43. The Morgan fingerprint density at radius 1 is 1.18 bits per heavy atom. The fourth-order valence-electron chi connectivity index (χ4n) is 4.56. The number of hydrogen-bond acceptors (Lipinski definition) is 7. The summed E-state index contributed by atoms with van der Waals surface area (Å²) in [6, 6.07) is 12.1. The number of anilines is 1. The highest BCUT2D eigenvalue weighted by atomic mass is 35.5. The molecule has 1 saturated carbocycles. The van der Waals surface area contributed by atoms with Crippen LogP contribution >= 0.6 is 11.6 Å². The molecule has 1 aliphatic rings. The first kappa shape index (κ1) is 27.7. The van der Waals surface area contributed by atoms with E-state index < -0.39 is 44.2 Å². The average Bonchev–Trinajstić information content (AvgIpc) is 3.30. The second-order valence-corrected chi connectivity index (χ2v) is 11.2. The van der Waals surface area contributed by atoms with Gasteiger partial charge in [-0.15, -0.1) is 0 Å². The maximum Gasteiger partial charge on any atom is 0.337 e. The fourth-order valence-corrected chi connectivity index (χ4v) is 6.42. The van der Waals surface area contributed by atoms with E-state index in [9.17, 15) is 22.7 Å². The molecule has 1 N–H and O–H groups in total. The van der Waals surface area contributed by atoms with Gasteiger partial charge in [0, 0.05) is 5.02 Å². The number of ether oxygens (including phenoxy) is 2. The van der Waals surface area contributed by atoms with Gasteiger partial charge in [0.1, 0.15) is 22.3 Å². The first-order valence-electron chi connectivity index (χ1n) is 11.6. The predicted octanol–water partition coefficient (Wildman–Crippen LogP) is 4.59. The van der Waals surface area contributed by atoms with Gasteiger partial charge in [0.25, 0.3) is 10.0 Å². The van der Waals surface area contributed by atoms with Crippen molar-refractivity contribution in [2.45, 2.75) is 42.2 Å². The molecule has 2 unspecified atom stereocenters. The van der Waals surface area contributed by atoms with Crippen molar-refractivity contribution in [3.63, 3.8) is 0 Å². The van der Waals surface area contributed by atoms with E-state index >= 15 is 4.39 Å². The second kappa shape index (κ2) is 10.8. The molecule has 0 radical (unpaired) electrons. The Hall–Kier alpha value is -3.28. The molecule has 202 valence electrons. The Morgan fingerprint density at radius 3 is 2.53 bits per heavy atom. The molecule has 4 rings (SSSR count). The van der Waals surface area contributed by atoms with E-state index in [1.54, 1.807) is 24.3 Å². The zero-order valence-electron chi connectivity index (χ0n) is 20.5. The van der Waals surface area contributed by atoms with Crippen molar-refractivity contribution in [3.05, 3.63) is 82.5 Å². The van der Waals surface area contributed by atoms with Gasteiger partial charge < -0.3 is 14.6 Å². The van der Waals surface area contributed by atoms with Crippen LogP contribution in [0.4, 0.5) is 14.6 Å². The van der Waals surface area contributed by atoms with E-state index in [1.165, 1.54) is 19.2 Å². The van der Waals surface area contributed by atoms with E-state index in [0.717, 1.165) is 29.6 Å². The first-order valence-corrected chi connectivity index (χ1v) is 13.4. The van der Waals surface area contributed by atoms with E-state index in [-0.39, 0.29) is 35.8 Å². The molecule has 8 nitrogen and oxygen atoms in total. The fraction of sp³-hybridized carbons (Fsp3) is 0.308.